The van der Waals surface area contributed by atoms with Crippen molar-refractivity contribution < 1.29 is 22.9 Å². The Morgan fingerprint density at radius 1 is 1.10 bits per heavy atom. The molecule has 0 aromatic heterocycles. The molecule has 0 aliphatic heterocycles. The number of hydrogen-bond donors (Lipinski definition) is 1. The lowest BCUT2D eigenvalue weighted by atomic mass is 10.2. The van der Waals surface area contributed by atoms with Gasteiger partial charge >= 0.3 is 5.97 Å². The normalized spacial score (nSPS) is 12.1. The van der Waals surface area contributed by atoms with E-state index in [-0.39, 0.29) is 21.8 Å². The fraction of sp³-hybridized carbons (Fsp3) is 0.0714. The van der Waals surface area contributed by atoms with Crippen molar-refractivity contribution in [3.05, 3.63) is 65.2 Å². The van der Waals surface area contributed by atoms with Crippen LogP contribution in [0.3, 0.4) is 0 Å². The van der Waals surface area contributed by atoms with Gasteiger partial charge in [0, 0.05) is 6.07 Å². The number of halogens is 2. The molecule has 0 saturated carbocycles. The Balaban J connectivity index is 2.31. The average Bonchev–Trinajstić information content (AvgIpc) is 2.37. The Morgan fingerprint density at radius 2 is 1.70 bits per heavy atom. The molecule has 1 unspecified atom stereocenters. The van der Waals surface area contributed by atoms with Gasteiger partial charge in [-0.1, -0.05) is 12.1 Å². The maximum Gasteiger partial charge on any atom is 0.336 e. The van der Waals surface area contributed by atoms with Crippen LogP contribution in [-0.4, -0.2) is 15.3 Å². The van der Waals surface area contributed by atoms with Gasteiger partial charge in [-0.15, -0.1) is 0 Å². The Labute approximate surface area is 116 Å². The van der Waals surface area contributed by atoms with Crippen LogP contribution in [-0.2, 0) is 16.6 Å². The summed E-state index contributed by atoms with van der Waals surface area (Å²) in [6.45, 7) is 0. The molecule has 1 atom stereocenters. The number of carboxylic acids is 1. The smallest absolute Gasteiger partial charge is 0.336 e. The maximum absolute atomic E-state index is 13.1. The van der Waals surface area contributed by atoms with Crippen molar-refractivity contribution in [3.63, 3.8) is 0 Å². The lowest BCUT2D eigenvalue weighted by Crippen LogP contribution is -2.06. The largest absolute Gasteiger partial charge is 0.478 e. The summed E-state index contributed by atoms with van der Waals surface area (Å²) in [6, 6.07) is 8.71. The van der Waals surface area contributed by atoms with Crippen LogP contribution in [0.2, 0.25) is 0 Å². The molecule has 0 bridgehead atoms. The van der Waals surface area contributed by atoms with E-state index in [9.17, 15) is 17.8 Å². The van der Waals surface area contributed by atoms with E-state index in [0.717, 1.165) is 18.2 Å². The Hall–Kier alpha value is -2.08. The summed E-state index contributed by atoms with van der Waals surface area (Å²) in [5.41, 5.74) is 0.128. The molecule has 0 heterocycles. The zero-order valence-corrected chi connectivity index (χ0v) is 11.0. The van der Waals surface area contributed by atoms with E-state index in [1.165, 1.54) is 18.2 Å². The van der Waals surface area contributed by atoms with Crippen LogP contribution in [0.1, 0.15) is 15.9 Å². The predicted octanol–water partition coefficient (Wildman–Crippen LogP) is 2.97. The van der Waals surface area contributed by atoms with Crippen molar-refractivity contribution in [3.8, 4) is 0 Å². The van der Waals surface area contributed by atoms with Crippen LogP contribution < -0.4 is 0 Å². The highest BCUT2D eigenvalue weighted by molar-refractivity contribution is 7.84. The summed E-state index contributed by atoms with van der Waals surface area (Å²) in [5, 5.41) is 9.01. The van der Waals surface area contributed by atoms with Crippen LogP contribution in [0, 0.1) is 11.6 Å². The van der Waals surface area contributed by atoms with Gasteiger partial charge in [0.25, 0.3) is 0 Å². The number of hydrogen-bond acceptors (Lipinski definition) is 2. The lowest BCUT2D eigenvalue weighted by Gasteiger charge is -2.06. The molecule has 1 N–H and O–H groups in total. The van der Waals surface area contributed by atoms with E-state index in [2.05, 4.69) is 0 Å². The standard InChI is InChI=1S/C14H10F2O3S/c15-10-5-9(6-11(16)7-10)8-20(19)13-4-2-1-3-12(13)14(17)18/h1-7H,8H2,(H,17,18). The lowest BCUT2D eigenvalue weighted by molar-refractivity contribution is 0.0693. The minimum Gasteiger partial charge on any atom is -0.478 e. The van der Waals surface area contributed by atoms with Crippen LogP contribution >= 0.6 is 0 Å². The number of benzene rings is 2. The van der Waals surface area contributed by atoms with Gasteiger partial charge in [0.15, 0.2) is 0 Å². The monoisotopic (exact) mass is 296 g/mol. The predicted molar refractivity (Wildman–Crippen MR) is 69.9 cm³/mol. The molecule has 6 heteroatoms. The third-order valence-corrected chi connectivity index (χ3v) is 4.02. The van der Waals surface area contributed by atoms with Gasteiger partial charge in [-0.05, 0) is 29.8 Å². The zero-order valence-electron chi connectivity index (χ0n) is 10.2. The second kappa shape index (κ2) is 5.92. The zero-order chi connectivity index (χ0) is 14.7. The minimum atomic E-state index is -1.70. The third kappa shape index (κ3) is 3.27. The van der Waals surface area contributed by atoms with E-state index in [1.54, 1.807) is 6.07 Å². The van der Waals surface area contributed by atoms with E-state index >= 15 is 0 Å². The summed E-state index contributed by atoms with van der Waals surface area (Å²) >= 11 is 0. The van der Waals surface area contributed by atoms with Crippen molar-refractivity contribution >= 4 is 16.8 Å². The van der Waals surface area contributed by atoms with E-state index in [4.69, 9.17) is 5.11 Å². The third-order valence-electron chi connectivity index (χ3n) is 2.58. The first-order valence-corrected chi connectivity index (χ1v) is 6.95. The molecule has 0 radical (unpaired) electrons. The molecule has 0 amide bonds. The van der Waals surface area contributed by atoms with Crippen molar-refractivity contribution in [2.75, 3.05) is 0 Å². The van der Waals surface area contributed by atoms with Gasteiger partial charge in [-0.25, -0.2) is 13.6 Å². The summed E-state index contributed by atoms with van der Waals surface area (Å²) in [6.07, 6.45) is 0. The maximum atomic E-state index is 13.1. The number of carbonyl (C=O) groups is 1. The van der Waals surface area contributed by atoms with Crippen molar-refractivity contribution in [2.24, 2.45) is 0 Å². The van der Waals surface area contributed by atoms with E-state index in [1.807, 2.05) is 0 Å². The van der Waals surface area contributed by atoms with Crippen LogP contribution in [0.5, 0.6) is 0 Å². The van der Waals surface area contributed by atoms with Gasteiger partial charge in [-0.3, -0.25) is 4.21 Å². The second-order valence-corrected chi connectivity index (χ2v) is 5.49. The molecule has 3 nitrogen and oxygen atoms in total. The Kier molecular flexibility index (Phi) is 4.24. The summed E-state index contributed by atoms with van der Waals surface area (Å²) in [7, 11) is -1.70. The molecule has 20 heavy (non-hydrogen) atoms. The minimum absolute atomic E-state index is 0.0808. The van der Waals surface area contributed by atoms with Gasteiger partial charge in [0.1, 0.15) is 11.6 Å². The molecule has 0 spiro atoms. The van der Waals surface area contributed by atoms with Crippen molar-refractivity contribution in [1.82, 2.24) is 0 Å². The molecule has 0 aliphatic carbocycles. The molecule has 0 aliphatic rings. The SMILES string of the molecule is O=C(O)c1ccccc1S(=O)Cc1cc(F)cc(F)c1. The first-order valence-electron chi connectivity index (χ1n) is 5.63. The average molecular weight is 296 g/mol. The molecular weight excluding hydrogens is 286 g/mol. The topological polar surface area (TPSA) is 54.4 Å². The summed E-state index contributed by atoms with van der Waals surface area (Å²) in [5.74, 6) is -2.87. The van der Waals surface area contributed by atoms with E-state index < -0.39 is 28.4 Å². The summed E-state index contributed by atoms with van der Waals surface area (Å²) < 4.78 is 38.3. The number of aromatic carboxylic acids is 1. The van der Waals surface area contributed by atoms with Crippen molar-refractivity contribution in [2.45, 2.75) is 10.6 Å². The van der Waals surface area contributed by atoms with Crippen LogP contribution in [0.4, 0.5) is 8.78 Å². The summed E-state index contributed by atoms with van der Waals surface area (Å²) in [4.78, 5) is 11.2. The first-order chi connectivity index (χ1) is 9.47. The van der Waals surface area contributed by atoms with Gasteiger partial charge in [0.2, 0.25) is 0 Å². The van der Waals surface area contributed by atoms with Crippen molar-refractivity contribution in [1.29, 1.82) is 0 Å². The fourth-order valence-electron chi connectivity index (χ4n) is 1.77. The molecule has 2 rings (SSSR count). The van der Waals surface area contributed by atoms with Gasteiger partial charge < -0.3 is 5.11 Å². The highest BCUT2D eigenvalue weighted by Crippen LogP contribution is 2.18. The van der Waals surface area contributed by atoms with Gasteiger partial charge in [-0.2, -0.15) is 0 Å². The Bertz CT molecular complexity index is 666. The highest BCUT2D eigenvalue weighted by atomic mass is 32.2. The molecule has 2 aromatic rings. The second-order valence-electron chi connectivity index (χ2n) is 4.07. The first kappa shape index (κ1) is 14.3. The quantitative estimate of drug-likeness (QED) is 0.943. The van der Waals surface area contributed by atoms with Crippen LogP contribution in [0.25, 0.3) is 0 Å². The number of carboxylic acid groups (broad SMARTS) is 1. The highest BCUT2D eigenvalue weighted by Gasteiger charge is 2.15. The Morgan fingerprint density at radius 3 is 2.30 bits per heavy atom. The molecule has 2 aromatic carbocycles. The number of rotatable bonds is 4. The van der Waals surface area contributed by atoms with Crippen LogP contribution in [0.15, 0.2) is 47.4 Å². The fourth-order valence-corrected chi connectivity index (χ4v) is 3.02. The van der Waals surface area contributed by atoms with E-state index in [0.29, 0.717) is 0 Å². The molecule has 0 saturated heterocycles. The molecular formula is C14H10F2O3S. The van der Waals surface area contributed by atoms with Gasteiger partial charge in [0.05, 0.1) is 27.0 Å². The molecule has 0 fully saturated rings. The molecule has 104 valence electrons.